The normalized spacial score (nSPS) is 33.8. The fourth-order valence-corrected chi connectivity index (χ4v) is 11.4. The minimum atomic E-state index is -0.235. The van der Waals surface area contributed by atoms with Gasteiger partial charge in [-0.3, -0.25) is 4.79 Å². The van der Waals surface area contributed by atoms with E-state index in [0.717, 1.165) is 48.3 Å². The monoisotopic (exact) mass is 644 g/mol. The summed E-state index contributed by atoms with van der Waals surface area (Å²) in [5.41, 5.74) is 2.34. The van der Waals surface area contributed by atoms with E-state index in [1.54, 1.807) is 12.1 Å². The predicted molar refractivity (Wildman–Crippen MR) is 190 cm³/mol. The smallest absolute Gasteiger partial charge is 0.255 e. The van der Waals surface area contributed by atoms with E-state index in [-0.39, 0.29) is 41.3 Å². The third-order valence-electron chi connectivity index (χ3n) is 14.0. The Kier molecular flexibility index (Phi) is 9.80. The first-order valence-electron chi connectivity index (χ1n) is 18.8. The van der Waals surface area contributed by atoms with Gasteiger partial charge in [0, 0.05) is 23.8 Å². The lowest BCUT2D eigenvalue weighted by molar-refractivity contribution is -0.117. The molecule has 0 unspecified atom stereocenters. The number of anilines is 1. The molecule has 0 aromatic heterocycles. The van der Waals surface area contributed by atoms with Gasteiger partial charge in [0.25, 0.3) is 5.91 Å². The van der Waals surface area contributed by atoms with Crippen LogP contribution in [-0.2, 0) is 6.54 Å². The third kappa shape index (κ3) is 6.72. The number of carbonyl (C=O) groups excluding carboxylic acids is 1. The Morgan fingerprint density at radius 3 is 2.38 bits per heavy atom. The van der Waals surface area contributed by atoms with Gasteiger partial charge in [-0.1, -0.05) is 53.9 Å². The molecule has 0 spiro atoms. The molecule has 0 heterocycles. The highest BCUT2D eigenvalue weighted by Crippen LogP contribution is 2.68. The molecule has 0 aliphatic heterocycles. The molecule has 2 aromatic carbocycles. The van der Waals surface area contributed by atoms with E-state index < -0.39 is 0 Å². The van der Waals surface area contributed by atoms with Crippen molar-refractivity contribution in [2.75, 3.05) is 5.32 Å². The summed E-state index contributed by atoms with van der Waals surface area (Å²) >= 11 is 0. The molecule has 6 heteroatoms. The Morgan fingerprint density at radius 1 is 0.851 bits per heavy atom. The average molecular weight is 645 g/mol. The third-order valence-corrected chi connectivity index (χ3v) is 14.0. The van der Waals surface area contributed by atoms with Gasteiger partial charge >= 0.3 is 0 Å². The summed E-state index contributed by atoms with van der Waals surface area (Å²) in [6, 6.07) is 9.44. The minimum absolute atomic E-state index is 0.0382. The molecule has 9 atom stereocenters. The second-order valence-electron chi connectivity index (χ2n) is 17.0. The van der Waals surface area contributed by atoms with Crippen LogP contribution in [0.4, 0.5) is 5.69 Å². The summed E-state index contributed by atoms with van der Waals surface area (Å²) < 4.78 is 0. The van der Waals surface area contributed by atoms with Crippen LogP contribution in [-0.4, -0.2) is 27.3 Å². The molecule has 6 nitrogen and oxygen atoms in total. The first kappa shape index (κ1) is 34.0. The van der Waals surface area contributed by atoms with E-state index in [9.17, 15) is 20.1 Å². The van der Waals surface area contributed by atoms with Gasteiger partial charge in [0.2, 0.25) is 0 Å². The van der Waals surface area contributed by atoms with E-state index in [1.807, 2.05) is 0 Å². The molecule has 258 valence electrons. The molecule has 0 bridgehead atoms. The van der Waals surface area contributed by atoms with Crippen LogP contribution >= 0.6 is 0 Å². The predicted octanol–water partition coefficient (Wildman–Crippen LogP) is 9.64. The van der Waals surface area contributed by atoms with Crippen LogP contribution in [0.3, 0.4) is 0 Å². The van der Waals surface area contributed by atoms with Crippen molar-refractivity contribution in [3.8, 4) is 17.2 Å². The second-order valence-corrected chi connectivity index (χ2v) is 17.0. The molecule has 4 saturated carbocycles. The summed E-state index contributed by atoms with van der Waals surface area (Å²) in [5, 5.41) is 37.0. The van der Waals surface area contributed by atoms with Gasteiger partial charge in [-0.15, -0.1) is 0 Å². The maximum atomic E-state index is 13.5. The molecule has 6 rings (SSSR count). The highest BCUT2D eigenvalue weighted by atomic mass is 16.3. The van der Waals surface area contributed by atoms with Crippen LogP contribution in [0.1, 0.15) is 128 Å². The fourth-order valence-electron chi connectivity index (χ4n) is 11.4. The number of phenols is 3. The van der Waals surface area contributed by atoms with Crippen molar-refractivity contribution in [1.82, 2.24) is 5.32 Å². The Labute approximate surface area is 283 Å². The molecule has 47 heavy (non-hydrogen) atoms. The highest BCUT2D eigenvalue weighted by molar-refractivity contribution is 5.98. The van der Waals surface area contributed by atoms with Crippen molar-refractivity contribution in [1.29, 1.82) is 0 Å². The molecule has 5 N–H and O–H groups in total. The number of amides is 1. The number of fused-ring (bicyclic) bond motifs is 5. The number of benzene rings is 2. The molecule has 4 aliphatic carbocycles. The Morgan fingerprint density at radius 2 is 1.60 bits per heavy atom. The van der Waals surface area contributed by atoms with E-state index >= 15 is 0 Å². The van der Waals surface area contributed by atoms with E-state index in [4.69, 9.17) is 0 Å². The van der Waals surface area contributed by atoms with Crippen LogP contribution in [0, 0.1) is 52.3 Å². The summed E-state index contributed by atoms with van der Waals surface area (Å²) in [7, 11) is 0. The molecule has 2 aromatic rings. The zero-order chi connectivity index (χ0) is 33.5. The SMILES string of the molecule is CC(C)CCC[C@@H](C)[C@H]1CC[C@H]2[C@@H]3CC[C@H]4C[C@@H](NC(=O)c5cc(NCc6cc(O)ccc6O)ccc5O)CC[C@]4(C)[C@H]3CC[C@]12C. The van der Waals surface area contributed by atoms with Crippen LogP contribution in [0.15, 0.2) is 36.4 Å². The van der Waals surface area contributed by atoms with Crippen LogP contribution in [0.5, 0.6) is 17.2 Å². The largest absolute Gasteiger partial charge is 0.508 e. The van der Waals surface area contributed by atoms with Gasteiger partial charge < -0.3 is 26.0 Å². The van der Waals surface area contributed by atoms with Gasteiger partial charge in [-0.05, 0) is 146 Å². The van der Waals surface area contributed by atoms with Gasteiger partial charge in [-0.25, -0.2) is 0 Å². The molecule has 0 radical (unpaired) electrons. The quantitative estimate of drug-likeness (QED) is 0.166. The highest BCUT2D eigenvalue weighted by Gasteiger charge is 2.60. The van der Waals surface area contributed by atoms with Crippen molar-refractivity contribution < 1.29 is 20.1 Å². The molecule has 4 fully saturated rings. The van der Waals surface area contributed by atoms with Crippen molar-refractivity contribution >= 4 is 11.6 Å². The fraction of sp³-hybridized carbons (Fsp3) is 0.683. The topological polar surface area (TPSA) is 102 Å². The average Bonchev–Trinajstić information content (AvgIpc) is 3.39. The first-order chi connectivity index (χ1) is 22.4. The van der Waals surface area contributed by atoms with Crippen LogP contribution < -0.4 is 10.6 Å². The van der Waals surface area contributed by atoms with Crippen LogP contribution in [0.25, 0.3) is 0 Å². The van der Waals surface area contributed by atoms with Crippen molar-refractivity contribution in [3.05, 3.63) is 47.5 Å². The number of carbonyl (C=O) groups is 1. The summed E-state index contributed by atoms with van der Waals surface area (Å²) in [4.78, 5) is 13.5. The lowest BCUT2D eigenvalue weighted by atomic mass is 9.44. The molecular formula is C41H60N2O4. The van der Waals surface area contributed by atoms with Gasteiger partial charge in [0.05, 0.1) is 5.56 Å². The number of hydrogen-bond donors (Lipinski definition) is 5. The number of hydrogen-bond acceptors (Lipinski definition) is 5. The zero-order valence-electron chi connectivity index (χ0n) is 29.5. The van der Waals surface area contributed by atoms with E-state index in [0.29, 0.717) is 28.0 Å². The molecular weight excluding hydrogens is 584 g/mol. The number of aromatic hydroxyl groups is 3. The molecule has 0 saturated heterocycles. The Balaban J connectivity index is 1.06. The second kappa shape index (κ2) is 13.6. The zero-order valence-corrected chi connectivity index (χ0v) is 29.5. The van der Waals surface area contributed by atoms with Gasteiger partial charge in [-0.2, -0.15) is 0 Å². The number of rotatable bonds is 10. The Bertz CT molecular complexity index is 1420. The van der Waals surface area contributed by atoms with Gasteiger partial charge in [0.1, 0.15) is 17.2 Å². The molecule has 1 amide bonds. The lowest BCUT2D eigenvalue weighted by Gasteiger charge is -2.61. The lowest BCUT2D eigenvalue weighted by Crippen LogP contribution is -2.55. The minimum Gasteiger partial charge on any atom is -0.508 e. The van der Waals surface area contributed by atoms with E-state index in [1.165, 1.54) is 88.5 Å². The van der Waals surface area contributed by atoms with Crippen molar-refractivity contribution in [2.24, 2.45) is 52.3 Å². The molecule has 4 aliphatic rings. The first-order valence-corrected chi connectivity index (χ1v) is 18.8. The van der Waals surface area contributed by atoms with Crippen molar-refractivity contribution in [2.45, 2.75) is 124 Å². The summed E-state index contributed by atoms with van der Waals surface area (Å²) in [6.07, 6.45) is 15.6. The summed E-state index contributed by atoms with van der Waals surface area (Å²) in [6.45, 7) is 12.8. The number of phenolic OH excluding ortho intramolecular Hbond substituents is 3. The van der Waals surface area contributed by atoms with Crippen molar-refractivity contribution in [3.63, 3.8) is 0 Å². The number of nitrogens with one attached hydrogen (secondary N) is 2. The summed E-state index contributed by atoms with van der Waals surface area (Å²) in [5.74, 6) is 5.62. The maximum absolute atomic E-state index is 13.5. The van der Waals surface area contributed by atoms with E-state index in [2.05, 4.69) is 45.3 Å². The van der Waals surface area contributed by atoms with Crippen LogP contribution in [0.2, 0.25) is 0 Å². The maximum Gasteiger partial charge on any atom is 0.255 e. The standard InChI is InChI=1S/C41H60N2O4/c1-25(2)7-6-8-26(3)34-13-14-35-32-12-9-28-22-30(17-19-40(28,4)36(32)18-20-41(34,35)5)43-39(47)33-23-29(10-15-38(33)46)42-24-27-21-31(44)11-16-37(27)45/h10-11,15-16,21,23,25-26,28,30,32,34-36,42,44-46H,6-9,12-14,17-20,22,24H2,1-5H3,(H,43,47)/t26-,28+,30+,32+,34-,35+,36+,40+,41-/m1/s1. The Hall–Kier alpha value is -2.89. The van der Waals surface area contributed by atoms with Gasteiger partial charge in [0.15, 0.2) is 0 Å².